The molecule has 0 saturated heterocycles. The van der Waals surface area contributed by atoms with Gasteiger partial charge in [0.05, 0.1) is 30.0 Å². The number of nitrogens with two attached hydrogens (primary N) is 1. The molecule has 0 aromatic carbocycles. The van der Waals surface area contributed by atoms with E-state index in [1.54, 1.807) is 34.6 Å². The topological polar surface area (TPSA) is 113 Å². The molecule has 0 aliphatic heterocycles. The third-order valence-electron chi connectivity index (χ3n) is 2.79. The fraction of sp³-hybridized carbons (Fsp3) is 0.533. The number of amides is 2. The van der Waals surface area contributed by atoms with E-state index in [0.717, 1.165) is 0 Å². The standard InChI is InChI=1S/C15H23N3O5/c1-6-22-13(20)11-7-10(8-12(19)23-15(3,4)5)18(9(11)2)17-14(16)21/h7H,6,8H2,1-5H3,(H3,16,17,21). The van der Waals surface area contributed by atoms with Crippen LogP contribution in [0, 0.1) is 6.92 Å². The molecular formula is C15H23N3O5. The van der Waals surface area contributed by atoms with Crippen LogP contribution in [-0.4, -0.2) is 34.9 Å². The summed E-state index contributed by atoms with van der Waals surface area (Å²) in [6.07, 6.45) is -0.127. The molecule has 0 aliphatic carbocycles. The van der Waals surface area contributed by atoms with E-state index in [9.17, 15) is 14.4 Å². The summed E-state index contributed by atoms with van der Waals surface area (Å²) in [7, 11) is 0. The van der Waals surface area contributed by atoms with E-state index >= 15 is 0 Å². The number of ether oxygens (including phenoxy) is 2. The maximum absolute atomic E-state index is 12.0. The van der Waals surface area contributed by atoms with Crippen LogP contribution in [0.5, 0.6) is 0 Å². The van der Waals surface area contributed by atoms with E-state index in [1.165, 1.54) is 10.7 Å². The number of urea groups is 1. The van der Waals surface area contributed by atoms with Gasteiger partial charge in [-0.25, -0.2) is 15.0 Å². The first-order chi connectivity index (χ1) is 10.5. The molecule has 0 radical (unpaired) electrons. The van der Waals surface area contributed by atoms with Crippen molar-refractivity contribution in [3.05, 3.63) is 23.0 Å². The zero-order chi connectivity index (χ0) is 17.8. The van der Waals surface area contributed by atoms with E-state index < -0.39 is 23.6 Å². The summed E-state index contributed by atoms with van der Waals surface area (Å²) in [4.78, 5) is 35.1. The van der Waals surface area contributed by atoms with Crippen molar-refractivity contribution in [2.24, 2.45) is 5.73 Å². The number of aromatic nitrogens is 1. The van der Waals surface area contributed by atoms with Gasteiger partial charge in [-0.15, -0.1) is 0 Å². The smallest absolute Gasteiger partial charge is 0.340 e. The molecule has 0 spiro atoms. The molecule has 0 fully saturated rings. The fourth-order valence-corrected chi connectivity index (χ4v) is 2.01. The minimum atomic E-state index is -0.815. The number of carbonyl (C=O) groups is 3. The van der Waals surface area contributed by atoms with Crippen LogP contribution in [0.2, 0.25) is 0 Å². The van der Waals surface area contributed by atoms with Crippen molar-refractivity contribution in [1.29, 1.82) is 0 Å². The lowest BCUT2D eigenvalue weighted by Gasteiger charge is -2.20. The molecule has 8 heteroatoms. The quantitative estimate of drug-likeness (QED) is 0.796. The Morgan fingerprint density at radius 3 is 2.39 bits per heavy atom. The number of nitrogens with one attached hydrogen (secondary N) is 1. The molecule has 2 amide bonds. The molecule has 8 nitrogen and oxygen atoms in total. The Morgan fingerprint density at radius 1 is 1.30 bits per heavy atom. The Bertz CT molecular complexity index is 613. The van der Waals surface area contributed by atoms with Crippen molar-refractivity contribution in [3.63, 3.8) is 0 Å². The first kappa shape index (κ1) is 18.5. The number of primary amides is 1. The van der Waals surface area contributed by atoms with E-state index in [-0.39, 0.29) is 18.6 Å². The lowest BCUT2D eigenvalue weighted by atomic mass is 10.2. The first-order valence-electron chi connectivity index (χ1n) is 7.21. The number of esters is 2. The van der Waals surface area contributed by atoms with E-state index in [0.29, 0.717) is 11.4 Å². The Kier molecular flexibility index (Phi) is 5.78. The average Bonchev–Trinajstić information content (AvgIpc) is 2.65. The summed E-state index contributed by atoms with van der Waals surface area (Å²) >= 11 is 0. The van der Waals surface area contributed by atoms with Crippen LogP contribution in [0.25, 0.3) is 0 Å². The van der Waals surface area contributed by atoms with Crippen LogP contribution in [-0.2, 0) is 20.7 Å². The van der Waals surface area contributed by atoms with Crippen molar-refractivity contribution >= 4 is 18.0 Å². The second kappa shape index (κ2) is 7.17. The molecule has 3 N–H and O–H groups in total. The molecule has 0 aliphatic rings. The van der Waals surface area contributed by atoms with E-state index in [4.69, 9.17) is 15.2 Å². The van der Waals surface area contributed by atoms with Crippen LogP contribution in [0.15, 0.2) is 6.07 Å². The number of nitrogens with zero attached hydrogens (tertiary/aromatic N) is 1. The van der Waals surface area contributed by atoms with Crippen LogP contribution < -0.4 is 11.2 Å². The predicted octanol–water partition coefficient (Wildman–Crippen LogP) is 1.48. The van der Waals surface area contributed by atoms with Gasteiger partial charge in [-0.3, -0.25) is 9.47 Å². The van der Waals surface area contributed by atoms with Crippen LogP contribution in [0.3, 0.4) is 0 Å². The largest absolute Gasteiger partial charge is 0.462 e. The Labute approximate surface area is 134 Å². The molecule has 1 aromatic rings. The van der Waals surface area contributed by atoms with Gasteiger partial charge in [0.2, 0.25) is 0 Å². The fourth-order valence-electron chi connectivity index (χ4n) is 2.01. The predicted molar refractivity (Wildman–Crippen MR) is 83.6 cm³/mol. The highest BCUT2D eigenvalue weighted by Crippen LogP contribution is 2.18. The molecular weight excluding hydrogens is 302 g/mol. The second-order valence-corrected chi connectivity index (χ2v) is 5.93. The minimum Gasteiger partial charge on any atom is -0.462 e. The van der Waals surface area contributed by atoms with Gasteiger partial charge in [0.25, 0.3) is 0 Å². The third kappa shape index (κ3) is 5.32. The van der Waals surface area contributed by atoms with Crippen molar-refractivity contribution < 1.29 is 23.9 Å². The second-order valence-electron chi connectivity index (χ2n) is 5.93. The Hall–Kier alpha value is -2.51. The van der Waals surface area contributed by atoms with Crippen molar-refractivity contribution in [2.45, 2.75) is 46.6 Å². The highest BCUT2D eigenvalue weighted by atomic mass is 16.6. The lowest BCUT2D eigenvalue weighted by Crippen LogP contribution is -2.32. The lowest BCUT2D eigenvalue weighted by molar-refractivity contribution is -0.154. The van der Waals surface area contributed by atoms with Crippen LogP contribution in [0.4, 0.5) is 4.79 Å². The summed E-state index contributed by atoms with van der Waals surface area (Å²) < 4.78 is 11.5. The highest BCUT2D eigenvalue weighted by molar-refractivity contribution is 5.92. The monoisotopic (exact) mass is 325 g/mol. The van der Waals surface area contributed by atoms with Crippen LogP contribution in [0.1, 0.15) is 49.4 Å². The van der Waals surface area contributed by atoms with Gasteiger partial charge in [-0.2, -0.15) is 0 Å². The highest BCUT2D eigenvalue weighted by Gasteiger charge is 2.23. The van der Waals surface area contributed by atoms with Gasteiger partial charge in [0.15, 0.2) is 0 Å². The molecule has 0 saturated carbocycles. The summed E-state index contributed by atoms with van der Waals surface area (Å²) in [6, 6.07) is 0.664. The number of rotatable bonds is 5. The minimum absolute atomic E-state index is 0.127. The maximum Gasteiger partial charge on any atom is 0.340 e. The Balaban J connectivity index is 3.13. The number of hydrogen-bond acceptors (Lipinski definition) is 5. The molecule has 128 valence electrons. The van der Waals surface area contributed by atoms with Gasteiger partial charge in [-0.1, -0.05) is 0 Å². The average molecular weight is 325 g/mol. The zero-order valence-electron chi connectivity index (χ0n) is 14.1. The molecule has 0 bridgehead atoms. The van der Waals surface area contributed by atoms with Gasteiger partial charge < -0.3 is 15.2 Å². The SMILES string of the molecule is CCOC(=O)c1cc(CC(=O)OC(C)(C)C)n(NC(N)=O)c1C. The van der Waals surface area contributed by atoms with E-state index in [2.05, 4.69) is 5.43 Å². The maximum atomic E-state index is 12.0. The van der Waals surface area contributed by atoms with Gasteiger partial charge in [0.1, 0.15) is 5.60 Å². The van der Waals surface area contributed by atoms with Crippen LogP contribution >= 0.6 is 0 Å². The number of hydrogen-bond donors (Lipinski definition) is 2. The molecule has 1 heterocycles. The number of carbonyl (C=O) groups excluding carboxylic acids is 3. The molecule has 1 rings (SSSR count). The molecule has 1 aromatic heterocycles. The molecule has 0 atom stereocenters. The molecule has 23 heavy (non-hydrogen) atoms. The van der Waals surface area contributed by atoms with Gasteiger partial charge >= 0.3 is 18.0 Å². The summed E-state index contributed by atoms with van der Waals surface area (Å²) in [5, 5.41) is 0. The van der Waals surface area contributed by atoms with E-state index in [1.807, 2.05) is 0 Å². The van der Waals surface area contributed by atoms with Crippen molar-refractivity contribution in [1.82, 2.24) is 4.68 Å². The normalized spacial score (nSPS) is 11.0. The first-order valence-corrected chi connectivity index (χ1v) is 7.21. The third-order valence-corrected chi connectivity index (χ3v) is 2.79. The Morgan fingerprint density at radius 2 is 1.91 bits per heavy atom. The van der Waals surface area contributed by atoms with Crippen molar-refractivity contribution in [2.75, 3.05) is 12.0 Å². The van der Waals surface area contributed by atoms with Crippen molar-refractivity contribution in [3.8, 4) is 0 Å². The van der Waals surface area contributed by atoms with Gasteiger partial charge in [0, 0.05) is 0 Å². The van der Waals surface area contributed by atoms with Gasteiger partial charge in [-0.05, 0) is 40.7 Å². The zero-order valence-corrected chi connectivity index (χ0v) is 14.1. The summed E-state index contributed by atoms with van der Waals surface area (Å²) in [5.41, 5.74) is 7.91. The molecule has 0 unspecified atom stereocenters. The summed E-state index contributed by atoms with van der Waals surface area (Å²) in [5.74, 6) is -1.03. The summed E-state index contributed by atoms with van der Waals surface area (Å²) in [6.45, 7) is 8.77.